The van der Waals surface area contributed by atoms with Crippen molar-refractivity contribution in [1.29, 1.82) is 0 Å². The van der Waals surface area contributed by atoms with E-state index in [2.05, 4.69) is 37.7 Å². The van der Waals surface area contributed by atoms with Crippen LogP contribution >= 0.6 is 15.9 Å². The highest BCUT2D eigenvalue weighted by Gasteiger charge is 2.29. The molecule has 1 fully saturated rings. The number of fused-ring (bicyclic) bond motifs is 1. The Kier molecular flexibility index (Phi) is 2.82. The summed E-state index contributed by atoms with van der Waals surface area (Å²) >= 11 is 3.32. The SMILES string of the molecule is CC#CCn1c(Br)nc2c1c(=O)[nH]c(=O)n2C1CC1. The summed E-state index contributed by atoms with van der Waals surface area (Å²) in [6.07, 6.45) is 1.89. The van der Waals surface area contributed by atoms with Gasteiger partial charge in [-0.05, 0) is 35.7 Å². The molecule has 2 aromatic rings. The number of H-pyrrole nitrogens is 1. The second kappa shape index (κ2) is 4.38. The average Bonchev–Trinajstić information content (AvgIpc) is 3.11. The van der Waals surface area contributed by atoms with Crippen molar-refractivity contribution in [2.75, 3.05) is 0 Å². The highest BCUT2D eigenvalue weighted by Crippen LogP contribution is 2.35. The summed E-state index contributed by atoms with van der Waals surface area (Å²) in [5.41, 5.74) is 0.00822. The highest BCUT2D eigenvalue weighted by molar-refractivity contribution is 9.10. The Hall–Kier alpha value is -1.81. The van der Waals surface area contributed by atoms with E-state index in [0.29, 0.717) is 22.4 Å². The van der Waals surface area contributed by atoms with Gasteiger partial charge in [0.1, 0.15) is 0 Å². The normalized spacial score (nSPS) is 14.4. The maximum atomic E-state index is 12.0. The molecule has 0 saturated heterocycles. The molecule has 0 unspecified atom stereocenters. The fourth-order valence-corrected chi connectivity index (χ4v) is 2.56. The van der Waals surface area contributed by atoms with Gasteiger partial charge in [0, 0.05) is 6.04 Å². The fraction of sp³-hybridized carbons (Fsp3) is 0.417. The summed E-state index contributed by atoms with van der Waals surface area (Å²) in [4.78, 5) is 30.5. The van der Waals surface area contributed by atoms with Crippen molar-refractivity contribution >= 4 is 27.1 Å². The Labute approximate surface area is 116 Å². The number of hydrogen-bond donors (Lipinski definition) is 1. The smallest absolute Gasteiger partial charge is 0.301 e. The van der Waals surface area contributed by atoms with Gasteiger partial charge in [-0.3, -0.25) is 14.3 Å². The van der Waals surface area contributed by atoms with E-state index in [1.54, 1.807) is 16.1 Å². The lowest BCUT2D eigenvalue weighted by molar-refractivity contribution is 0.700. The van der Waals surface area contributed by atoms with Gasteiger partial charge in [0.2, 0.25) is 0 Å². The zero-order valence-corrected chi connectivity index (χ0v) is 11.8. The van der Waals surface area contributed by atoms with Gasteiger partial charge in [0.15, 0.2) is 15.9 Å². The maximum Gasteiger partial charge on any atom is 0.330 e. The minimum atomic E-state index is -0.423. The first kappa shape index (κ1) is 12.2. The zero-order chi connectivity index (χ0) is 13.6. The van der Waals surface area contributed by atoms with Crippen LogP contribution in [0.25, 0.3) is 11.2 Å². The lowest BCUT2D eigenvalue weighted by atomic mass is 10.4. The molecule has 98 valence electrons. The standard InChI is InChI=1S/C12H11BrN4O2/c1-2-3-6-16-8-9(14-11(16)13)17(7-4-5-7)12(19)15-10(8)18/h7H,4-6H2,1H3,(H,15,18,19). The number of aromatic amines is 1. The van der Waals surface area contributed by atoms with E-state index in [0.717, 1.165) is 12.8 Å². The van der Waals surface area contributed by atoms with Crippen LogP contribution in [0.4, 0.5) is 0 Å². The van der Waals surface area contributed by atoms with Crippen LogP contribution in [0.3, 0.4) is 0 Å². The molecule has 1 saturated carbocycles. The predicted octanol–water partition coefficient (Wildman–Crippen LogP) is 1.01. The van der Waals surface area contributed by atoms with E-state index in [4.69, 9.17) is 0 Å². The number of nitrogens with zero attached hydrogens (tertiary/aromatic N) is 3. The Bertz CT molecular complexity index is 829. The van der Waals surface area contributed by atoms with Crippen molar-refractivity contribution in [3.05, 3.63) is 25.6 Å². The van der Waals surface area contributed by atoms with Gasteiger partial charge in [0.25, 0.3) is 5.56 Å². The van der Waals surface area contributed by atoms with Crippen molar-refractivity contribution in [2.45, 2.75) is 32.4 Å². The van der Waals surface area contributed by atoms with Crippen molar-refractivity contribution < 1.29 is 0 Å². The Morgan fingerprint density at radius 2 is 2.21 bits per heavy atom. The predicted molar refractivity (Wildman–Crippen MR) is 74.0 cm³/mol. The summed E-state index contributed by atoms with van der Waals surface area (Å²) in [6.45, 7) is 2.09. The van der Waals surface area contributed by atoms with E-state index in [-0.39, 0.29) is 6.04 Å². The Balaban J connectivity index is 2.37. The van der Waals surface area contributed by atoms with Crippen molar-refractivity contribution in [2.24, 2.45) is 0 Å². The van der Waals surface area contributed by atoms with Crippen molar-refractivity contribution in [3.8, 4) is 11.8 Å². The summed E-state index contributed by atoms with van der Waals surface area (Å²) in [6, 6.07) is 0.152. The van der Waals surface area contributed by atoms with Gasteiger partial charge < -0.3 is 4.57 Å². The molecular weight excluding hydrogens is 312 g/mol. The first-order valence-corrected chi connectivity index (χ1v) is 6.73. The molecule has 0 spiro atoms. The molecule has 3 rings (SSSR count). The first-order chi connectivity index (χ1) is 9.13. The molecule has 19 heavy (non-hydrogen) atoms. The number of imidazole rings is 1. The number of halogens is 1. The zero-order valence-electron chi connectivity index (χ0n) is 10.2. The average molecular weight is 323 g/mol. The van der Waals surface area contributed by atoms with Gasteiger partial charge in [0.05, 0.1) is 6.54 Å². The number of rotatable bonds is 2. The number of hydrogen-bond acceptors (Lipinski definition) is 3. The molecule has 2 aromatic heterocycles. The lowest BCUT2D eigenvalue weighted by Crippen LogP contribution is -2.30. The fourth-order valence-electron chi connectivity index (χ4n) is 2.09. The monoisotopic (exact) mass is 322 g/mol. The van der Waals surface area contributed by atoms with Crippen LogP contribution in [-0.2, 0) is 6.54 Å². The second-order valence-corrected chi connectivity index (χ2v) is 5.14. The minimum absolute atomic E-state index is 0.152. The second-order valence-electron chi connectivity index (χ2n) is 4.43. The van der Waals surface area contributed by atoms with E-state index in [1.807, 2.05) is 0 Å². The van der Waals surface area contributed by atoms with Gasteiger partial charge in [-0.25, -0.2) is 9.78 Å². The van der Waals surface area contributed by atoms with Crippen molar-refractivity contribution in [3.63, 3.8) is 0 Å². The quantitative estimate of drug-likeness (QED) is 0.662. The molecule has 6 nitrogen and oxygen atoms in total. The van der Waals surface area contributed by atoms with Gasteiger partial charge in [-0.1, -0.05) is 5.92 Å². The van der Waals surface area contributed by atoms with Crippen LogP contribution in [0, 0.1) is 11.8 Å². The molecule has 1 aliphatic carbocycles. The Morgan fingerprint density at radius 3 is 2.84 bits per heavy atom. The maximum absolute atomic E-state index is 12.0. The van der Waals surface area contributed by atoms with Crippen molar-refractivity contribution in [1.82, 2.24) is 19.1 Å². The van der Waals surface area contributed by atoms with Gasteiger partial charge >= 0.3 is 5.69 Å². The molecule has 0 amide bonds. The summed E-state index contributed by atoms with van der Waals surface area (Å²) in [5, 5.41) is 0. The van der Waals surface area contributed by atoms with E-state index >= 15 is 0 Å². The lowest BCUT2D eigenvalue weighted by Gasteiger charge is -2.04. The van der Waals surface area contributed by atoms with Crippen LogP contribution in [-0.4, -0.2) is 19.1 Å². The molecule has 0 bridgehead atoms. The Morgan fingerprint density at radius 1 is 1.47 bits per heavy atom. The third-order valence-corrected chi connectivity index (χ3v) is 3.72. The highest BCUT2D eigenvalue weighted by atomic mass is 79.9. The summed E-state index contributed by atoms with van der Waals surface area (Å²) < 4.78 is 3.75. The van der Waals surface area contributed by atoms with Crippen LogP contribution in [0.1, 0.15) is 25.8 Å². The van der Waals surface area contributed by atoms with Gasteiger partial charge in [-0.2, -0.15) is 0 Å². The van der Waals surface area contributed by atoms with Crippen LogP contribution < -0.4 is 11.2 Å². The molecule has 2 heterocycles. The molecule has 0 aliphatic heterocycles. The van der Waals surface area contributed by atoms with E-state index in [9.17, 15) is 9.59 Å². The number of aromatic nitrogens is 4. The minimum Gasteiger partial charge on any atom is -0.301 e. The summed E-state index contributed by atoms with van der Waals surface area (Å²) in [7, 11) is 0. The van der Waals surface area contributed by atoms with Crippen LogP contribution in [0.5, 0.6) is 0 Å². The molecule has 1 N–H and O–H groups in total. The van der Waals surface area contributed by atoms with Gasteiger partial charge in [-0.15, -0.1) is 5.92 Å². The molecular formula is C12H11BrN4O2. The molecule has 0 radical (unpaired) electrons. The first-order valence-electron chi connectivity index (χ1n) is 5.93. The topological polar surface area (TPSA) is 72.7 Å². The summed E-state index contributed by atoms with van der Waals surface area (Å²) in [5.74, 6) is 5.67. The van der Waals surface area contributed by atoms with E-state index in [1.165, 1.54) is 0 Å². The molecule has 7 heteroatoms. The molecule has 0 atom stereocenters. The largest absolute Gasteiger partial charge is 0.330 e. The third-order valence-electron chi connectivity index (χ3n) is 3.11. The molecule has 1 aliphatic rings. The van der Waals surface area contributed by atoms with E-state index < -0.39 is 11.2 Å². The third kappa shape index (κ3) is 1.92. The number of nitrogens with one attached hydrogen (secondary N) is 1. The van der Waals surface area contributed by atoms with Crippen LogP contribution in [0.2, 0.25) is 0 Å². The molecule has 0 aromatic carbocycles. The van der Waals surface area contributed by atoms with Crippen LogP contribution in [0.15, 0.2) is 14.3 Å².